The Labute approximate surface area is 120 Å². The molecule has 0 saturated carbocycles. The smallest absolute Gasteiger partial charge is 0.323 e. The van der Waals surface area contributed by atoms with Crippen LogP contribution in [0.3, 0.4) is 0 Å². The van der Waals surface area contributed by atoms with Crippen LogP contribution in [0.1, 0.15) is 33.6 Å². The summed E-state index contributed by atoms with van der Waals surface area (Å²) < 4.78 is 5.31. The number of nitrogens with one attached hydrogen (secondary N) is 2. The molecule has 0 saturated heterocycles. The van der Waals surface area contributed by atoms with Crippen LogP contribution in [0.15, 0.2) is 0 Å². The Kier molecular flexibility index (Phi) is 6.44. The van der Waals surface area contributed by atoms with Gasteiger partial charge in [-0.1, -0.05) is 13.8 Å². The number of rotatable bonds is 9. The van der Waals surface area contributed by atoms with E-state index in [0.29, 0.717) is 25.0 Å². The van der Waals surface area contributed by atoms with Crippen molar-refractivity contribution in [1.29, 1.82) is 0 Å². The second-order valence-corrected chi connectivity index (χ2v) is 4.67. The van der Waals surface area contributed by atoms with E-state index in [9.17, 15) is 5.11 Å². The van der Waals surface area contributed by atoms with E-state index in [1.54, 1.807) is 7.05 Å². The molecule has 1 aromatic rings. The van der Waals surface area contributed by atoms with Crippen molar-refractivity contribution in [2.24, 2.45) is 5.41 Å². The Morgan fingerprint density at radius 3 is 2.25 bits per heavy atom. The predicted molar refractivity (Wildman–Crippen MR) is 79.1 cm³/mol. The number of aromatic nitrogens is 3. The topological polar surface area (TPSA) is 92.2 Å². The number of nitrogens with zero attached hydrogens (tertiary/aromatic N) is 3. The van der Waals surface area contributed by atoms with Gasteiger partial charge in [0.25, 0.3) is 0 Å². The lowest BCUT2D eigenvalue weighted by molar-refractivity contribution is 0.127. The van der Waals surface area contributed by atoms with Crippen LogP contribution in [0, 0.1) is 5.41 Å². The molecule has 7 heteroatoms. The van der Waals surface area contributed by atoms with Crippen molar-refractivity contribution in [1.82, 2.24) is 15.0 Å². The van der Waals surface area contributed by atoms with Crippen molar-refractivity contribution in [3.8, 4) is 6.01 Å². The lowest BCUT2D eigenvalue weighted by Gasteiger charge is -2.29. The van der Waals surface area contributed by atoms with Gasteiger partial charge in [-0.25, -0.2) is 0 Å². The average Bonchev–Trinajstić information content (AvgIpc) is 2.49. The summed E-state index contributed by atoms with van der Waals surface area (Å²) in [7, 11) is 1.74. The summed E-state index contributed by atoms with van der Waals surface area (Å²) in [6, 6.07) is 0.289. The van der Waals surface area contributed by atoms with E-state index in [1.807, 2.05) is 6.92 Å². The normalized spacial score (nSPS) is 11.2. The average molecular weight is 283 g/mol. The molecule has 0 fully saturated rings. The predicted octanol–water partition coefficient (Wildman–Crippen LogP) is 1.52. The highest BCUT2D eigenvalue weighted by Gasteiger charge is 2.25. The zero-order valence-corrected chi connectivity index (χ0v) is 12.7. The number of aliphatic hydroxyl groups is 1. The van der Waals surface area contributed by atoms with E-state index in [2.05, 4.69) is 39.4 Å². The van der Waals surface area contributed by atoms with Crippen molar-refractivity contribution in [2.45, 2.75) is 33.6 Å². The summed E-state index contributed by atoms with van der Waals surface area (Å²) in [5.74, 6) is 0.904. The largest absolute Gasteiger partial charge is 0.464 e. The lowest BCUT2D eigenvalue weighted by atomic mass is 9.83. The number of hydrogen-bond donors (Lipinski definition) is 3. The Balaban J connectivity index is 2.83. The first-order valence-corrected chi connectivity index (χ1v) is 7.04. The first kappa shape index (κ1) is 16.4. The quantitative estimate of drug-likeness (QED) is 0.632. The third kappa shape index (κ3) is 4.19. The molecule has 0 spiro atoms. The number of hydrogen-bond acceptors (Lipinski definition) is 7. The fraction of sp³-hybridized carbons (Fsp3) is 0.769. The third-order valence-corrected chi connectivity index (χ3v) is 3.57. The second kappa shape index (κ2) is 7.84. The zero-order valence-electron chi connectivity index (χ0n) is 12.7. The molecule has 0 radical (unpaired) electrons. The van der Waals surface area contributed by atoms with Gasteiger partial charge in [0.2, 0.25) is 11.9 Å². The zero-order chi connectivity index (χ0) is 15.0. The summed E-state index contributed by atoms with van der Waals surface area (Å²) in [6.45, 7) is 7.25. The minimum Gasteiger partial charge on any atom is -0.464 e. The molecule has 20 heavy (non-hydrogen) atoms. The molecule has 1 aromatic heterocycles. The van der Waals surface area contributed by atoms with Crippen molar-refractivity contribution in [2.75, 3.05) is 37.4 Å². The molecule has 3 N–H and O–H groups in total. The molecule has 0 atom stereocenters. The third-order valence-electron chi connectivity index (χ3n) is 3.57. The number of aliphatic hydroxyl groups excluding tert-OH is 1. The first-order chi connectivity index (χ1) is 9.62. The fourth-order valence-corrected chi connectivity index (χ4v) is 1.79. The van der Waals surface area contributed by atoms with Gasteiger partial charge in [-0.3, -0.25) is 0 Å². The maximum atomic E-state index is 9.56. The van der Waals surface area contributed by atoms with E-state index in [0.717, 1.165) is 12.8 Å². The molecule has 0 aliphatic heterocycles. The summed E-state index contributed by atoms with van der Waals surface area (Å²) in [5.41, 5.74) is -0.155. The summed E-state index contributed by atoms with van der Waals surface area (Å²) >= 11 is 0. The summed E-state index contributed by atoms with van der Waals surface area (Å²) in [4.78, 5) is 12.5. The van der Waals surface area contributed by atoms with E-state index >= 15 is 0 Å². The summed E-state index contributed by atoms with van der Waals surface area (Å²) in [5, 5.41) is 15.6. The van der Waals surface area contributed by atoms with E-state index < -0.39 is 0 Å². The van der Waals surface area contributed by atoms with Crippen LogP contribution in [0.4, 0.5) is 11.9 Å². The molecule has 7 nitrogen and oxygen atoms in total. The van der Waals surface area contributed by atoms with E-state index in [4.69, 9.17) is 4.74 Å². The van der Waals surface area contributed by atoms with Gasteiger partial charge in [-0.15, -0.1) is 0 Å². The molecule has 0 bridgehead atoms. The van der Waals surface area contributed by atoms with Crippen LogP contribution in [-0.4, -0.2) is 46.9 Å². The highest BCUT2D eigenvalue weighted by Crippen LogP contribution is 2.25. The molecule has 0 aromatic carbocycles. The molecular weight excluding hydrogens is 258 g/mol. The number of anilines is 2. The van der Waals surface area contributed by atoms with Crippen molar-refractivity contribution >= 4 is 11.9 Å². The van der Waals surface area contributed by atoms with Gasteiger partial charge in [-0.2, -0.15) is 15.0 Å². The second-order valence-electron chi connectivity index (χ2n) is 4.67. The molecule has 0 aliphatic rings. The maximum Gasteiger partial charge on any atom is 0.323 e. The highest BCUT2D eigenvalue weighted by molar-refractivity contribution is 5.35. The first-order valence-electron chi connectivity index (χ1n) is 7.04. The van der Waals surface area contributed by atoms with Gasteiger partial charge < -0.3 is 20.5 Å². The molecule has 1 rings (SSSR count). The van der Waals surface area contributed by atoms with Crippen LogP contribution in [0.5, 0.6) is 6.01 Å². The molecular formula is C13H25N5O2. The van der Waals surface area contributed by atoms with Gasteiger partial charge >= 0.3 is 6.01 Å². The fourth-order valence-electron chi connectivity index (χ4n) is 1.79. The maximum absolute atomic E-state index is 9.56. The van der Waals surface area contributed by atoms with Gasteiger partial charge in [-0.05, 0) is 19.8 Å². The Morgan fingerprint density at radius 1 is 1.10 bits per heavy atom. The molecule has 0 amide bonds. The summed E-state index contributed by atoms with van der Waals surface area (Å²) in [6.07, 6.45) is 1.77. The van der Waals surface area contributed by atoms with Gasteiger partial charge in [0.05, 0.1) is 13.2 Å². The van der Waals surface area contributed by atoms with Crippen molar-refractivity contribution < 1.29 is 9.84 Å². The minimum atomic E-state index is -0.155. The molecule has 114 valence electrons. The van der Waals surface area contributed by atoms with E-state index in [-0.39, 0.29) is 18.0 Å². The van der Waals surface area contributed by atoms with E-state index in [1.165, 1.54) is 0 Å². The van der Waals surface area contributed by atoms with Gasteiger partial charge in [0.15, 0.2) is 0 Å². The Bertz CT molecular complexity index is 401. The molecule has 1 heterocycles. The van der Waals surface area contributed by atoms with Crippen LogP contribution >= 0.6 is 0 Å². The van der Waals surface area contributed by atoms with Crippen molar-refractivity contribution in [3.63, 3.8) is 0 Å². The van der Waals surface area contributed by atoms with Crippen LogP contribution in [-0.2, 0) is 0 Å². The van der Waals surface area contributed by atoms with Gasteiger partial charge in [0.1, 0.15) is 0 Å². The van der Waals surface area contributed by atoms with Crippen molar-refractivity contribution in [3.05, 3.63) is 0 Å². The standard InChI is InChI=1S/C13H25N5O2/c1-5-13(6-2,9-19)8-15-11-16-10(14-4)17-12(18-11)20-7-3/h19H,5-9H2,1-4H3,(H2,14,15,16,17,18). The lowest BCUT2D eigenvalue weighted by Crippen LogP contribution is -2.32. The van der Waals surface area contributed by atoms with Gasteiger partial charge in [0, 0.05) is 19.0 Å². The van der Waals surface area contributed by atoms with Crippen LogP contribution < -0.4 is 15.4 Å². The molecule has 0 unspecified atom stereocenters. The van der Waals surface area contributed by atoms with Crippen LogP contribution in [0.2, 0.25) is 0 Å². The SMILES string of the molecule is CCOc1nc(NC)nc(NCC(CC)(CC)CO)n1. The minimum absolute atomic E-state index is 0.134. The molecule has 0 aliphatic carbocycles. The Morgan fingerprint density at radius 2 is 1.75 bits per heavy atom. The highest BCUT2D eigenvalue weighted by atomic mass is 16.5. The van der Waals surface area contributed by atoms with Crippen LogP contribution in [0.25, 0.3) is 0 Å². The Hall–Kier alpha value is -1.63. The monoisotopic (exact) mass is 283 g/mol. The number of ether oxygens (including phenoxy) is 1.